The highest BCUT2D eigenvalue weighted by molar-refractivity contribution is 5.34. The van der Waals surface area contributed by atoms with Crippen LogP contribution >= 0.6 is 0 Å². The van der Waals surface area contributed by atoms with Crippen LogP contribution in [-0.2, 0) is 6.42 Å². The summed E-state index contributed by atoms with van der Waals surface area (Å²) in [5.74, 6) is 2.98. The number of hydrogen-bond donors (Lipinski definition) is 2. The van der Waals surface area contributed by atoms with Crippen molar-refractivity contribution in [2.75, 3.05) is 6.54 Å². The summed E-state index contributed by atoms with van der Waals surface area (Å²) in [5.41, 5.74) is 2.51. The van der Waals surface area contributed by atoms with Gasteiger partial charge in [0.15, 0.2) is 0 Å². The van der Waals surface area contributed by atoms with Gasteiger partial charge in [0.1, 0.15) is 17.6 Å². The first-order valence-corrected chi connectivity index (χ1v) is 7.83. The number of benzene rings is 1. The van der Waals surface area contributed by atoms with Gasteiger partial charge >= 0.3 is 0 Å². The van der Waals surface area contributed by atoms with Gasteiger partial charge in [-0.15, -0.1) is 0 Å². The largest absolute Gasteiger partial charge is 0.463 e. The lowest BCUT2D eigenvalue weighted by Gasteiger charge is -2.29. The van der Waals surface area contributed by atoms with E-state index in [1.165, 1.54) is 17.5 Å². The molecule has 0 radical (unpaired) electrons. The van der Waals surface area contributed by atoms with E-state index in [-0.39, 0.29) is 6.04 Å². The number of fused-ring (bicyclic) bond motifs is 1. The third-order valence-electron chi connectivity index (χ3n) is 4.88. The van der Waals surface area contributed by atoms with Crippen molar-refractivity contribution in [3.8, 4) is 0 Å². The van der Waals surface area contributed by atoms with E-state index < -0.39 is 6.10 Å². The summed E-state index contributed by atoms with van der Waals surface area (Å²) in [7, 11) is 0. The van der Waals surface area contributed by atoms with Gasteiger partial charge in [0, 0.05) is 5.92 Å². The third kappa shape index (κ3) is 2.30. The molecule has 1 fully saturated rings. The van der Waals surface area contributed by atoms with Gasteiger partial charge in [0.25, 0.3) is 0 Å². The zero-order chi connectivity index (χ0) is 14.4. The molecule has 1 aromatic heterocycles. The number of aliphatic hydroxyl groups excluding tert-OH is 1. The van der Waals surface area contributed by atoms with Crippen LogP contribution in [0.2, 0.25) is 0 Å². The van der Waals surface area contributed by atoms with Gasteiger partial charge in [-0.05, 0) is 48.6 Å². The molecule has 0 saturated heterocycles. The summed E-state index contributed by atoms with van der Waals surface area (Å²) < 4.78 is 5.92. The zero-order valence-electron chi connectivity index (χ0n) is 12.3. The maximum atomic E-state index is 10.7. The van der Waals surface area contributed by atoms with E-state index in [9.17, 15) is 5.11 Å². The van der Waals surface area contributed by atoms with Crippen molar-refractivity contribution in [3.05, 3.63) is 59.0 Å². The Morgan fingerprint density at radius 1 is 1.24 bits per heavy atom. The van der Waals surface area contributed by atoms with Crippen molar-refractivity contribution in [1.29, 1.82) is 0 Å². The van der Waals surface area contributed by atoms with Crippen LogP contribution in [0.3, 0.4) is 0 Å². The fourth-order valence-corrected chi connectivity index (χ4v) is 3.43. The maximum absolute atomic E-state index is 10.7. The van der Waals surface area contributed by atoms with E-state index in [4.69, 9.17) is 4.42 Å². The van der Waals surface area contributed by atoms with Crippen molar-refractivity contribution < 1.29 is 9.52 Å². The summed E-state index contributed by atoms with van der Waals surface area (Å²) in [4.78, 5) is 0. The van der Waals surface area contributed by atoms with Crippen LogP contribution in [0.1, 0.15) is 54.1 Å². The molecule has 1 aromatic carbocycles. The molecule has 21 heavy (non-hydrogen) atoms. The Kier molecular flexibility index (Phi) is 3.12. The summed E-state index contributed by atoms with van der Waals surface area (Å²) in [6.45, 7) is 3.13. The molecule has 4 atom stereocenters. The Balaban J connectivity index is 1.60. The fraction of sp³-hybridized carbons (Fsp3) is 0.444. The highest BCUT2D eigenvalue weighted by Gasteiger charge is 2.37. The Hall–Kier alpha value is -1.58. The lowest BCUT2D eigenvalue weighted by atomic mass is 9.90. The van der Waals surface area contributed by atoms with E-state index in [1.54, 1.807) is 0 Å². The first-order valence-electron chi connectivity index (χ1n) is 7.83. The monoisotopic (exact) mass is 283 g/mol. The molecule has 1 aliphatic carbocycles. The minimum atomic E-state index is -0.630. The van der Waals surface area contributed by atoms with Gasteiger partial charge in [-0.1, -0.05) is 31.2 Å². The summed E-state index contributed by atoms with van der Waals surface area (Å²) in [6, 6.07) is 12.2. The van der Waals surface area contributed by atoms with Crippen LogP contribution in [0.5, 0.6) is 0 Å². The molecule has 0 spiro atoms. The second kappa shape index (κ2) is 5.00. The van der Waals surface area contributed by atoms with E-state index in [1.807, 2.05) is 18.2 Å². The highest BCUT2D eigenvalue weighted by atomic mass is 16.4. The molecule has 3 heteroatoms. The van der Waals surface area contributed by atoms with Crippen LogP contribution in [-0.4, -0.2) is 11.7 Å². The summed E-state index contributed by atoms with van der Waals surface area (Å²) in [6.07, 6.45) is 1.59. The molecule has 1 saturated carbocycles. The van der Waals surface area contributed by atoms with Gasteiger partial charge in [0.2, 0.25) is 0 Å². The molecule has 4 rings (SSSR count). The number of nitrogens with one attached hydrogen (secondary N) is 1. The number of furan rings is 1. The Labute approximate surface area is 125 Å². The Bertz CT molecular complexity index is 648. The number of rotatable bonds is 3. The Morgan fingerprint density at radius 3 is 2.86 bits per heavy atom. The molecule has 0 bridgehead atoms. The predicted octanol–water partition coefficient (Wildman–Crippen LogP) is 3.32. The smallest absolute Gasteiger partial charge is 0.134 e. The normalized spacial score (nSPS) is 29.0. The van der Waals surface area contributed by atoms with E-state index >= 15 is 0 Å². The molecular formula is C18H21NO2. The van der Waals surface area contributed by atoms with Crippen molar-refractivity contribution in [2.24, 2.45) is 5.92 Å². The van der Waals surface area contributed by atoms with E-state index in [2.05, 4.69) is 30.4 Å². The van der Waals surface area contributed by atoms with Gasteiger partial charge in [-0.2, -0.15) is 0 Å². The average Bonchev–Trinajstić information content (AvgIpc) is 3.05. The van der Waals surface area contributed by atoms with Gasteiger partial charge in [-0.25, -0.2) is 0 Å². The topological polar surface area (TPSA) is 45.4 Å². The van der Waals surface area contributed by atoms with Gasteiger partial charge < -0.3 is 14.8 Å². The van der Waals surface area contributed by atoms with Gasteiger partial charge in [-0.3, -0.25) is 0 Å². The highest BCUT2D eigenvalue weighted by Crippen LogP contribution is 2.48. The summed E-state index contributed by atoms with van der Waals surface area (Å²) >= 11 is 0. The maximum Gasteiger partial charge on any atom is 0.134 e. The average molecular weight is 283 g/mol. The van der Waals surface area contributed by atoms with Crippen molar-refractivity contribution in [3.63, 3.8) is 0 Å². The summed E-state index contributed by atoms with van der Waals surface area (Å²) in [5, 5.41) is 14.1. The molecular weight excluding hydrogens is 262 g/mol. The van der Waals surface area contributed by atoms with Crippen LogP contribution in [0, 0.1) is 5.92 Å². The zero-order valence-corrected chi connectivity index (χ0v) is 12.3. The second-order valence-corrected chi connectivity index (χ2v) is 6.39. The van der Waals surface area contributed by atoms with E-state index in [0.717, 1.165) is 24.6 Å². The molecule has 2 heterocycles. The van der Waals surface area contributed by atoms with Crippen LogP contribution in [0.4, 0.5) is 0 Å². The standard InChI is InChI=1S/C18H21NO2/c1-11-10-14(11)15-6-7-16(21-15)18(20)17-13-5-3-2-4-12(13)8-9-19-17/h2-7,11,14,17-20H,8-10H2,1H3. The number of aliphatic hydroxyl groups is 1. The molecule has 3 nitrogen and oxygen atoms in total. The van der Waals surface area contributed by atoms with Gasteiger partial charge in [0.05, 0.1) is 6.04 Å². The molecule has 0 amide bonds. The molecule has 1 aliphatic heterocycles. The van der Waals surface area contributed by atoms with Crippen LogP contribution in [0.15, 0.2) is 40.8 Å². The van der Waals surface area contributed by atoms with Crippen LogP contribution < -0.4 is 5.32 Å². The lowest BCUT2D eigenvalue weighted by Crippen LogP contribution is -2.33. The minimum Gasteiger partial charge on any atom is -0.463 e. The van der Waals surface area contributed by atoms with Crippen molar-refractivity contribution >= 4 is 0 Å². The second-order valence-electron chi connectivity index (χ2n) is 6.39. The molecule has 110 valence electrons. The molecule has 2 aromatic rings. The minimum absolute atomic E-state index is 0.0782. The van der Waals surface area contributed by atoms with Crippen molar-refractivity contribution in [1.82, 2.24) is 5.32 Å². The molecule has 4 unspecified atom stereocenters. The van der Waals surface area contributed by atoms with E-state index in [0.29, 0.717) is 11.7 Å². The Morgan fingerprint density at radius 2 is 2.05 bits per heavy atom. The SMILES string of the molecule is CC1CC1c1ccc(C(O)C2NCCc3ccccc32)o1. The lowest BCUT2D eigenvalue weighted by molar-refractivity contribution is 0.101. The molecule has 2 aliphatic rings. The van der Waals surface area contributed by atoms with Crippen LogP contribution in [0.25, 0.3) is 0 Å². The quantitative estimate of drug-likeness (QED) is 0.908. The number of hydrogen-bond acceptors (Lipinski definition) is 3. The third-order valence-corrected chi connectivity index (χ3v) is 4.88. The van der Waals surface area contributed by atoms with Crippen molar-refractivity contribution in [2.45, 2.75) is 37.8 Å². The first-order chi connectivity index (χ1) is 10.2. The first kappa shape index (κ1) is 13.1. The molecule has 2 N–H and O–H groups in total. The predicted molar refractivity (Wildman–Crippen MR) is 81.1 cm³/mol. The fourth-order valence-electron chi connectivity index (χ4n) is 3.43.